The summed E-state index contributed by atoms with van der Waals surface area (Å²) in [7, 11) is 0. The van der Waals surface area contributed by atoms with Crippen molar-refractivity contribution in [1.82, 2.24) is 5.32 Å². The summed E-state index contributed by atoms with van der Waals surface area (Å²) in [4.78, 5) is 12.4. The molecule has 1 atom stereocenters. The molecule has 2 rings (SSSR count). The van der Waals surface area contributed by atoms with Crippen LogP contribution in [0.3, 0.4) is 0 Å². The van der Waals surface area contributed by atoms with Crippen LogP contribution < -0.4 is 5.32 Å². The van der Waals surface area contributed by atoms with Crippen molar-refractivity contribution in [2.24, 2.45) is 0 Å². The molecule has 0 bridgehead atoms. The maximum Gasteiger partial charge on any atom is 0.230 e. The molecule has 0 aliphatic heterocycles. The van der Waals surface area contributed by atoms with Gasteiger partial charge < -0.3 is 10.4 Å². The number of aliphatic hydroxyl groups excluding tert-OH is 1. The van der Waals surface area contributed by atoms with Gasteiger partial charge in [0.05, 0.1) is 11.5 Å². The number of hydrogen-bond acceptors (Lipinski definition) is 2. The van der Waals surface area contributed by atoms with Crippen molar-refractivity contribution in [1.29, 1.82) is 0 Å². The number of aliphatic hydroxyl groups is 1. The van der Waals surface area contributed by atoms with Crippen LogP contribution in [-0.4, -0.2) is 23.7 Å². The fourth-order valence-corrected chi connectivity index (χ4v) is 2.38. The maximum absolute atomic E-state index is 12.4. The molecule has 2 aromatic carbocycles. The van der Waals surface area contributed by atoms with Crippen LogP contribution in [0.15, 0.2) is 60.7 Å². The van der Waals surface area contributed by atoms with Crippen molar-refractivity contribution in [2.75, 3.05) is 6.54 Å². The Morgan fingerprint density at radius 2 is 1.59 bits per heavy atom. The first-order valence-corrected chi connectivity index (χ1v) is 7.56. The smallest absolute Gasteiger partial charge is 0.230 e. The highest BCUT2D eigenvalue weighted by Crippen LogP contribution is 2.22. The summed E-state index contributed by atoms with van der Waals surface area (Å²) in [5.41, 5.74) is 1.41. The van der Waals surface area contributed by atoms with Crippen LogP contribution in [0.1, 0.15) is 25.0 Å². The molecule has 0 heterocycles. The molecular formula is C19H23NO2. The zero-order valence-corrected chi connectivity index (χ0v) is 13.1. The van der Waals surface area contributed by atoms with Gasteiger partial charge in [-0.25, -0.2) is 0 Å². The van der Waals surface area contributed by atoms with E-state index in [0.29, 0.717) is 6.42 Å². The van der Waals surface area contributed by atoms with Crippen LogP contribution in [0.25, 0.3) is 0 Å². The quantitative estimate of drug-likeness (QED) is 0.861. The lowest BCUT2D eigenvalue weighted by Crippen LogP contribution is -2.43. The maximum atomic E-state index is 12.4. The van der Waals surface area contributed by atoms with Crippen molar-refractivity contribution in [3.8, 4) is 0 Å². The number of carbonyl (C=O) groups is 1. The third-order valence-electron chi connectivity index (χ3n) is 3.88. The molecule has 1 amide bonds. The molecule has 2 aromatic rings. The monoisotopic (exact) mass is 297 g/mol. The number of nitrogens with one attached hydrogen (secondary N) is 1. The summed E-state index contributed by atoms with van der Waals surface area (Å²) >= 11 is 0. The fraction of sp³-hybridized carbons (Fsp3) is 0.316. The third kappa shape index (κ3) is 4.18. The molecule has 0 spiro atoms. The van der Waals surface area contributed by atoms with Crippen molar-refractivity contribution >= 4 is 5.91 Å². The lowest BCUT2D eigenvalue weighted by Gasteiger charge is -2.25. The summed E-state index contributed by atoms with van der Waals surface area (Å²) in [5.74, 6) is -0.0780. The SMILES string of the molecule is CC(C)(C(=O)NCC(O)Cc1ccccc1)c1ccccc1. The minimum Gasteiger partial charge on any atom is -0.391 e. The van der Waals surface area contributed by atoms with Crippen molar-refractivity contribution < 1.29 is 9.90 Å². The summed E-state index contributed by atoms with van der Waals surface area (Å²) < 4.78 is 0. The Morgan fingerprint density at radius 1 is 1.05 bits per heavy atom. The van der Waals surface area contributed by atoms with Gasteiger partial charge in [0.15, 0.2) is 0 Å². The van der Waals surface area contributed by atoms with Crippen molar-refractivity contribution in [3.05, 3.63) is 71.8 Å². The Bertz CT molecular complexity index is 593. The molecule has 0 radical (unpaired) electrons. The van der Waals surface area contributed by atoms with Gasteiger partial charge in [0.1, 0.15) is 0 Å². The normalized spacial score (nSPS) is 12.7. The molecule has 0 fully saturated rings. The number of benzene rings is 2. The topological polar surface area (TPSA) is 49.3 Å². The molecule has 0 saturated heterocycles. The molecule has 116 valence electrons. The standard InChI is InChI=1S/C19H23NO2/c1-19(2,16-11-7-4-8-12-16)18(22)20-14-17(21)13-15-9-5-3-6-10-15/h3-12,17,21H,13-14H2,1-2H3,(H,20,22). The second kappa shape index (κ2) is 7.23. The fourth-order valence-electron chi connectivity index (χ4n) is 2.38. The molecular weight excluding hydrogens is 274 g/mol. The summed E-state index contributed by atoms with van der Waals surface area (Å²) in [5, 5.41) is 12.9. The van der Waals surface area contributed by atoms with Gasteiger partial charge in [-0.3, -0.25) is 4.79 Å². The van der Waals surface area contributed by atoms with Crippen molar-refractivity contribution in [2.45, 2.75) is 31.8 Å². The van der Waals surface area contributed by atoms with Gasteiger partial charge in [0.2, 0.25) is 5.91 Å². The molecule has 3 nitrogen and oxygen atoms in total. The van der Waals surface area contributed by atoms with Crippen LogP contribution in [-0.2, 0) is 16.6 Å². The van der Waals surface area contributed by atoms with Crippen LogP contribution in [0.2, 0.25) is 0 Å². The van der Waals surface area contributed by atoms with E-state index < -0.39 is 11.5 Å². The molecule has 0 saturated carbocycles. The summed E-state index contributed by atoms with van der Waals surface area (Å²) in [6.45, 7) is 4.03. The van der Waals surface area contributed by atoms with Crippen LogP contribution in [0, 0.1) is 0 Å². The number of hydrogen-bond donors (Lipinski definition) is 2. The van der Waals surface area contributed by atoms with E-state index in [-0.39, 0.29) is 12.5 Å². The molecule has 0 aliphatic rings. The average Bonchev–Trinajstić information content (AvgIpc) is 2.54. The zero-order valence-electron chi connectivity index (χ0n) is 13.1. The minimum absolute atomic E-state index is 0.0780. The second-order valence-electron chi connectivity index (χ2n) is 6.04. The van der Waals surface area contributed by atoms with Gasteiger partial charge in [0, 0.05) is 13.0 Å². The van der Waals surface area contributed by atoms with Gasteiger partial charge in [-0.1, -0.05) is 60.7 Å². The first-order valence-electron chi connectivity index (χ1n) is 7.56. The number of rotatable bonds is 6. The first-order chi connectivity index (χ1) is 10.5. The minimum atomic E-state index is -0.617. The van der Waals surface area contributed by atoms with E-state index in [2.05, 4.69) is 5.32 Å². The Hall–Kier alpha value is -2.13. The molecule has 0 aromatic heterocycles. The van der Waals surface area contributed by atoms with Gasteiger partial charge in [-0.2, -0.15) is 0 Å². The highest BCUT2D eigenvalue weighted by molar-refractivity contribution is 5.87. The number of carbonyl (C=O) groups excluding carboxylic acids is 1. The number of amides is 1. The van der Waals surface area contributed by atoms with Gasteiger partial charge in [0.25, 0.3) is 0 Å². The molecule has 2 N–H and O–H groups in total. The van der Waals surface area contributed by atoms with Gasteiger partial charge in [-0.15, -0.1) is 0 Å². The predicted octanol–water partition coefficient (Wildman–Crippen LogP) is 2.68. The van der Waals surface area contributed by atoms with E-state index in [1.165, 1.54) is 0 Å². The summed E-state index contributed by atoms with van der Waals surface area (Å²) in [6.07, 6.45) is -0.0506. The van der Waals surface area contributed by atoms with Gasteiger partial charge >= 0.3 is 0 Å². The Balaban J connectivity index is 1.89. The molecule has 3 heteroatoms. The van der Waals surface area contributed by atoms with Crippen molar-refractivity contribution in [3.63, 3.8) is 0 Å². The largest absolute Gasteiger partial charge is 0.391 e. The second-order valence-corrected chi connectivity index (χ2v) is 6.04. The van der Waals surface area contributed by atoms with Gasteiger partial charge in [-0.05, 0) is 25.0 Å². The Labute approximate surface area is 132 Å². The Kier molecular flexibility index (Phi) is 5.34. The van der Waals surface area contributed by atoms with E-state index in [9.17, 15) is 9.90 Å². The zero-order chi connectivity index (χ0) is 16.0. The van der Waals surface area contributed by atoms with Crippen LogP contribution in [0.4, 0.5) is 0 Å². The van der Waals surface area contributed by atoms with E-state index in [1.54, 1.807) is 0 Å². The van der Waals surface area contributed by atoms with E-state index in [1.807, 2.05) is 74.5 Å². The highest BCUT2D eigenvalue weighted by atomic mass is 16.3. The molecule has 1 unspecified atom stereocenters. The van der Waals surface area contributed by atoms with E-state index >= 15 is 0 Å². The van der Waals surface area contributed by atoms with E-state index in [4.69, 9.17) is 0 Å². The third-order valence-corrected chi connectivity index (χ3v) is 3.88. The van der Waals surface area contributed by atoms with Crippen LogP contribution >= 0.6 is 0 Å². The predicted molar refractivity (Wildman–Crippen MR) is 88.6 cm³/mol. The average molecular weight is 297 g/mol. The van der Waals surface area contributed by atoms with E-state index in [0.717, 1.165) is 11.1 Å². The molecule has 0 aliphatic carbocycles. The lowest BCUT2D eigenvalue weighted by molar-refractivity contribution is -0.126. The molecule has 22 heavy (non-hydrogen) atoms. The first kappa shape index (κ1) is 16.2. The highest BCUT2D eigenvalue weighted by Gasteiger charge is 2.29. The van der Waals surface area contributed by atoms with Crippen LogP contribution in [0.5, 0.6) is 0 Å². The lowest BCUT2D eigenvalue weighted by atomic mass is 9.83. The Morgan fingerprint density at radius 3 is 2.18 bits per heavy atom. The summed E-state index contributed by atoms with van der Waals surface area (Å²) in [6, 6.07) is 19.4.